The van der Waals surface area contributed by atoms with Crippen molar-refractivity contribution in [2.45, 2.75) is 6.92 Å². The highest BCUT2D eigenvalue weighted by molar-refractivity contribution is 6.31. The van der Waals surface area contributed by atoms with E-state index in [0.29, 0.717) is 16.3 Å². The van der Waals surface area contributed by atoms with E-state index in [2.05, 4.69) is 20.8 Å². The molecule has 0 radical (unpaired) electrons. The predicted molar refractivity (Wildman–Crippen MR) is 93.1 cm³/mol. The van der Waals surface area contributed by atoms with Crippen molar-refractivity contribution in [3.05, 3.63) is 65.1 Å². The molecular weight excluding hydrogens is 342 g/mol. The van der Waals surface area contributed by atoms with Crippen LogP contribution in [0.1, 0.15) is 16.1 Å². The molecule has 4 aromatic rings. The second-order valence-electron chi connectivity index (χ2n) is 5.45. The number of amides is 1. The summed E-state index contributed by atoms with van der Waals surface area (Å²) in [5.41, 5.74) is 2.80. The monoisotopic (exact) mass is 353 g/mol. The van der Waals surface area contributed by atoms with Crippen LogP contribution in [-0.4, -0.2) is 26.1 Å². The molecule has 0 atom stereocenters. The van der Waals surface area contributed by atoms with Crippen LogP contribution in [0.5, 0.6) is 0 Å². The molecule has 2 heterocycles. The van der Waals surface area contributed by atoms with Gasteiger partial charge in [0.1, 0.15) is 11.9 Å². The van der Waals surface area contributed by atoms with E-state index in [0.717, 1.165) is 16.6 Å². The maximum atomic E-state index is 12.5. The number of halogens is 1. The van der Waals surface area contributed by atoms with Crippen molar-refractivity contribution in [1.29, 1.82) is 0 Å². The highest BCUT2D eigenvalue weighted by Crippen LogP contribution is 2.28. The standard InChI is InChI=1S/C17H12ClN5O2/c1-10-14-8-11(18)2-7-15(14)25-16(10)17(24)20-12-3-5-13(6-4-12)23-9-19-21-22-23/h2-9H,1H3,(H,20,24). The third kappa shape index (κ3) is 2.85. The molecule has 0 spiro atoms. The van der Waals surface area contributed by atoms with E-state index >= 15 is 0 Å². The number of furan rings is 1. The smallest absolute Gasteiger partial charge is 0.291 e. The fourth-order valence-corrected chi connectivity index (χ4v) is 2.75. The molecule has 0 bridgehead atoms. The molecule has 0 saturated heterocycles. The van der Waals surface area contributed by atoms with E-state index in [-0.39, 0.29) is 11.7 Å². The average molecular weight is 354 g/mol. The first-order valence-corrected chi connectivity index (χ1v) is 7.83. The molecule has 0 aliphatic rings. The van der Waals surface area contributed by atoms with Gasteiger partial charge in [0.05, 0.1) is 5.69 Å². The second-order valence-corrected chi connectivity index (χ2v) is 5.89. The lowest BCUT2D eigenvalue weighted by molar-refractivity contribution is 0.0998. The summed E-state index contributed by atoms with van der Waals surface area (Å²) in [6.45, 7) is 1.83. The van der Waals surface area contributed by atoms with E-state index in [9.17, 15) is 4.79 Å². The largest absolute Gasteiger partial charge is 0.451 e. The number of benzene rings is 2. The quantitative estimate of drug-likeness (QED) is 0.608. The molecule has 0 aliphatic carbocycles. The number of nitrogens with one attached hydrogen (secondary N) is 1. The van der Waals surface area contributed by atoms with Gasteiger partial charge in [-0.1, -0.05) is 11.6 Å². The molecule has 25 heavy (non-hydrogen) atoms. The van der Waals surface area contributed by atoms with Crippen LogP contribution in [0.4, 0.5) is 5.69 Å². The fraction of sp³-hybridized carbons (Fsp3) is 0.0588. The Morgan fingerprint density at radius 2 is 2.00 bits per heavy atom. The lowest BCUT2D eigenvalue weighted by Crippen LogP contribution is -2.12. The van der Waals surface area contributed by atoms with Gasteiger partial charge in [0, 0.05) is 21.7 Å². The molecular formula is C17H12ClN5O2. The van der Waals surface area contributed by atoms with Gasteiger partial charge in [-0.3, -0.25) is 4.79 Å². The number of fused-ring (bicyclic) bond motifs is 1. The van der Waals surface area contributed by atoms with Crippen LogP contribution < -0.4 is 5.32 Å². The van der Waals surface area contributed by atoms with Gasteiger partial charge in [0.2, 0.25) is 0 Å². The van der Waals surface area contributed by atoms with Crippen molar-refractivity contribution in [2.75, 3.05) is 5.32 Å². The maximum absolute atomic E-state index is 12.5. The normalized spacial score (nSPS) is 11.0. The Kier molecular flexibility index (Phi) is 3.70. The zero-order chi connectivity index (χ0) is 17.4. The topological polar surface area (TPSA) is 85.8 Å². The summed E-state index contributed by atoms with van der Waals surface area (Å²) < 4.78 is 7.20. The van der Waals surface area contributed by atoms with Gasteiger partial charge in [-0.15, -0.1) is 5.10 Å². The molecule has 1 amide bonds. The number of carbonyl (C=O) groups is 1. The van der Waals surface area contributed by atoms with E-state index in [1.54, 1.807) is 42.5 Å². The van der Waals surface area contributed by atoms with Gasteiger partial charge >= 0.3 is 0 Å². The van der Waals surface area contributed by atoms with Gasteiger partial charge in [0.15, 0.2) is 5.76 Å². The SMILES string of the molecule is Cc1c(C(=O)Nc2ccc(-n3cnnn3)cc2)oc2ccc(Cl)cc12. The number of hydrogen-bond donors (Lipinski definition) is 1. The van der Waals surface area contributed by atoms with Crippen molar-refractivity contribution in [2.24, 2.45) is 0 Å². The van der Waals surface area contributed by atoms with E-state index in [4.69, 9.17) is 16.0 Å². The van der Waals surface area contributed by atoms with Gasteiger partial charge in [-0.25, -0.2) is 4.68 Å². The molecule has 4 rings (SSSR count). The molecule has 0 fully saturated rings. The Hall–Kier alpha value is -3.19. The third-order valence-electron chi connectivity index (χ3n) is 3.84. The van der Waals surface area contributed by atoms with E-state index in [1.807, 2.05) is 6.92 Å². The lowest BCUT2D eigenvalue weighted by Gasteiger charge is -2.05. The van der Waals surface area contributed by atoms with Gasteiger partial charge in [-0.05, 0) is 59.8 Å². The first kappa shape index (κ1) is 15.3. The van der Waals surface area contributed by atoms with Gasteiger partial charge in [-0.2, -0.15) is 0 Å². The highest BCUT2D eigenvalue weighted by Gasteiger charge is 2.18. The summed E-state index contributed by atoms with van der Waals surface area (Å²) in [6.07, 6.45) is 1.50. The number of aromatic nitrogens is 4. The average Bonchev–Trinajstić information content (AvgIpc) is 3.25. The number of rotatable bonds is 3. The minimum atomic E-state index is -0.319. The summed E-state index contributed by atoms with van der Waals surface area (Å²) in [5, 5.41) is 15.2. The summed E-state index contributed by atoms with van der Waals surface area (Å²) in [6, 6.07) is 12.4. The zero-order valence-electron chi connectivity index (χ0n) is 13.1. The number of aryl methyl sites for hydroxylation is 1. The molecule has 7 nitrogen and oxygen atoms in total. The first-order valence-electron chi connectivity index (χ1n) is 7.45. The number of anilines is 1. The van der Waals surface area contributed by atoms with Crippen molar-refractivity contribution in [3.8, 4) is 5.69 Å². The van der Waals surface area contributed by atoms with Gasteiger partial charge < -0.3 is 9.73 Å². The van der Waals surface area contributed by atoms with E-state index < -0.39 is 0 Å². The van der Waals surface area contributed by atoms with Crippen LogP contribution in [0.2, 0.25) is 5.02 Å². The summed E-state index contributed by atoms with van der Waals surface area (Å²) >= 11 is 6.01. The van der Waals surface area contributed by atoms with Crippen LogP contribution in [0.15, 0.2) is 53.2 Å². The van der Waals surface area contributed by atoms with Crippen molar-refractivity contribution in [1.82, 2.24) is 20.2 Å². The van der Waals surface area contributed by atoms with Crippen LogP contribution in [0.3, 0.4) is 0 Å². The molecule has 2 aromatic carbocycles. The van der Waals surface area contributed by atoms with Crippen LogP contribution >= 0.6 is 11.6 Å². The van der Waals surface area contributed by atoms with Crippen LogP contribution in [0.25, 0.3) is 16.7 Å². The molecule has 0 unspecified atom stereocenters. The molecule has 8 heteroatoms. The number of hydrogen-bond acceptors (Lipinski definition) is 5. The minimum Gasteiger partial charge on any atom is -0.451 e. The molecule has 1 N–H and O–H groups in total. The van der Waals surface area contributed by atoms with Crippen molar-refractivity contribution < 1.29 is 9.21 Å². The minimum absolute atomic E-state index is 0.266. The number of carbonyl (C=O) groups excluding carboxylic acids is 1. The third-order valence-corrected chi connectivity index (χ3v) is 4.08. The molecule has 124 valence electrons. The summed E-state index contributed by atoms with van der Waals surface area (Å²) in [7, 11) is 0. The molecule has 2 aromatic heterocycles. The summed E-state index contributed by atoms with van der Waals surface area (Å²) in [5.74, 6) is -0.0539. The molecule has 0 saturated carbocycles. The van der Waals surface area contributed by atoms with Crippen LogP contribution in [0, 0.1) is 6.92 Å². The molecule has 0 aliphatic heterocycles. The van der Waals surface area contributed by atoms with Crippen molar-refractivity contribution in [3.63, 3.8) is 0 Å². The highest BCUT2D eigenvalue weighted by atomic mass is 35.5. The predicted octanol–water partition coefficient (Wildman–Crippen LogP) is 3.62. The second kappa shape index (κ2) is 6.03. The van der Waals surface area contributed by atoms with Crippen molar-refractivity contribution >= 4 is 34.2 Å². The number of tetrazole rings is 1. The number of nitrogens with zero attached hydrogens (tertiary/aromatic N) is 4. The van der Waals surface area contributed by atoms with Crippen LogP contribution in [-0.2, 0) is 0 Å². The van der Waals surface area contributed by atoms with E-state index in [1.165, 1.54) is 11.0 Å². The zero-order valence-corrected chi connectivity index (χ0v) is 13.9. The first-order chi connectivity index (χ1) is 12.1. The lowest BCUT2D eigenvalue weighted by atomic mass is 10.1. The summed E-state index contributed by atoms with van der Waals surface area (Å²) in [4.78, 5) is 12.5. The maximum Gasteiger partial charge on any atom is 0.291 e. The Morgan fingerprint density at radius 3 is 2.72 bits per heavy atom. The fourth-order valence-electron chi connectivity index (χ4n) is 2.57. The van der Waals surface area contributed by atoms with Gasteiger partial charge in [0.25, 0.3) is 5.91 Å². The Balaban J connectivity index is 1.59. The Morgan fingerprint density at radius 1 is 1.20 bits per heavy atom. The Bertz CT molecular complexity index is 1050. The Labute approximate surface area is 147 Å².